The minimum absolute atomic E-state index is 0.0792. The fraction of sp³-hybridized carbons (Fsp3) is 0.579. The Bertz CT molecular complexity index is 616. The lowest BCUT2D eigenvalue weighted by molar-refractivity contribution is -0.139. The molecule has 136 valence electrons. The van der Waals surface area contributed by atoms with E-state index < -0.39 is 6.10 Å². The van der Waals surface area contributed by atoms with Crippen LogP contribution in [-0.2, 0) is 4.79 Å². The predicted molar refractivity (Wildman–Crippen MR) is 104 cm³/mol. The van der Waals surface area contributed by atoms with Gasteiger partial charge in [-0.15, -0.1) is 0 Å². The van der Waals surface area contributed by atoms with Gasteiger partial charge < -0.3 is 19.9 Å². The van der Waals surface area contributed by atoms with Crippen LogP contribution in [0.15, 0.2) is 24.3 Å². The van der Waals surface area contributed by atoms with Gasteiger partial charge in [-0.3, -0.25) is 4.79 Å². The minimum atomic E-state index is -0.501. The highest BCUT2D eigenvalue weighted by molar-refractivity contribution is 7.80. The molecule has 1 aromatic rings. The summed E-state index contributed by atoms with van der Waals surface area (Å²) in [5, 5.41) is 3.98. The molecule has 25 heavy (non-hydrogen) atoms. The second kappa shape index (κ2) is 8.52. The molecule has 0 saturated carbocycles. The van der Waals surface area contributed by atoms with Crippen LogP contribution in [-0.4, -0.2) is 48.2 Å². The fourth-order valence-electron chi connectivity index (χ4n) is 3.34. The second-order valence-electron chi connectivity index (χ2n) is 6.66. The Balaban J connectivity index is 1.75. The van der Waals surface area contributed by atoms with Crippen LogP contribution in [0.3, 0.4) is 0 Å². The molecule has 1 fully saturated rings. The second-order valence-corrected chi connectivity index (χ2v) is 7.04. The van der Waals surface area contributed by atoms with Crippen LogP contribution >= 0.6 is 12.2 Å². The van der Waals surface area contributed by atoms with Gasteiger partial charge in [0.25, 0.3) is 5.91 Å². The van der Waals surface area contributed by atoms with Crippen LogP contribution in [0.4, 0.5) is 5.69 Å². The molecule has 0 bridgehead atoms. The van der Waals surface area contributed by atoms with Gasteiger partial charge in [0.2, 0.25) is 0 Å². The maximum atomic E-state index is 12.9. The number of nitrogens with zero attached hydrogens (tertiary/aromatic N) is 2. The Morgan fingerprint density at radius 3 is 2.80 bits per heavy atom. The lowest BCUT2D eigenvalue weighted by atomic mass is 10.1. The topological polar surface area (TPSA) is 44.8 Å². The third-order valence-corrected chi connectivity index (χ3v) is 5.13. The first-order valence-electron chi connectivity index (χ1n) is 9.30. The summed E-state index contributed by atoms with van der Waals surface area (Å²) in [4.78, 5) is 16.9. The summed E-state index contributed by atoms with van der Waals surface area (Å²) >= 11 is 5.59. The van der Waals surface area contributed by atoms with Crippen molar-refractivity contribution in [2.24, 2.45) is 0 Å². The van der Waals surface area contributed by atoms with E-state index in [-0.39, 0.29) is 5.91 Å². The number of hydrogen-bond donors (Lipinski definition) is 1. The van der Waals surface area contributed by atoms with E-state index in [9.17, 15) is 4.79 Å². The number of benzene rings is 1. The molecule has 0 radical (unpaired) electrons. The van der Waals surface area contributed by atoms with Crippen molar-refractivity contribution in [3.8, 4) is 5.75 Å². The zero-order chi connectivity index (χ0) is 17.6. The summed E-state index contributed by atoms with van der Waals surface area (Å²) in [6.45, 7) is 5.13. The first-order chi connectivity index (χ1) is 12.2. The van der Waals surface area contributed by atoms with Crippen molar-refractivity contribution in [1.29, 1.82) is 0 Å². The zero-order valence-electron chi connectivity index (χ0n) is 14.9. The van der Waals surface area contributed by atoms with Gasteiger partial charge >= 0.3 is 0 Å². The summed E-state index contributed by atoms with van der Waals surface area (Å²) in [6, 6.07) is 7.80. The lowest BCUT2D eigenvalue weighted by Gasteiger charge is -2.38. The first kappa shape index (κ1) is 18.0. The largest absolute Gasteiger partial charge is 0.476 e. The molecule has 3 rings (SSSR count). The fourth-order valence-corrected chi connectivity index (χ4v) is 3.62. The molecule has 2 heterocycles. The van der Waals surface area contributed by atoms with Gasteiger partial charge in [-0.1, -0.05) is 25.5 Å². The van der Waals surface area contributed by atoms with Crippen molar-refractivity contribution in [3.05, 3.63) is 24.3 Å². The Kier molecular flexibility index (Phi) is 6.13. The average molecular weight is 362 g/mol. The highest BCUT2D eigenvalue weighted by atomic mass is 32.1. The van der Waals surface area contributed by atoms with Gasteiger partial charge in [0.1, 0.15) is 5.75 Å². The molecular formula is C19H27N3O2S. The molecule has 1 saturated heterocycles. The number of anilines is 1. The van der Waals surface area contributed by atoms with E-state index >= 15 is 0 Å². The Hall–Kier alpha value is -1.82. The van der Waals surface area contributed by atoms with Crippen molar-refractivity contribution in [1.82, 2.24) is 10.2 Å². The van der Waals surface area contributed by atoms with E-state index in [0.717, 1.165) is 56.8 Å². The van der Waals surface area contributed by atoms with Crippen molar-refractivity contribution in [2.45, 2.75) is 45.1 Å². The van der Waals surface area contributed by atoms with Crippen molar-refractivity contribution in [2.75, 3.05) is 31.1 Å². The summed E-state index contributed by atoms with van der Waals surface area (Å²) in [5.41, 5.74) is 0.930. The van der Waals surface area contributed by atoms with E-state index in [1.54, 1.807) is 0 Å². The molecule has 6 heteroatoms. The highest BCUT2D eigenvalue weighted by Crippen LogP contribution is 2.33. The van der Waals surface area contributed by atoms with E-state index in [4.69, 9.17) is 17.0 Å². The monoisotopic (exact) mass is 361 g/mol. The number of fused-ring (bicyclic) bond motifs is 1. The van der Waals surface area contributed by atoms with E-state index in [1.807, 2.05) is 34.1 Å². The quantitative estimate of drug-likeness (QED) is 0.660. The number of hydrogen-bond acceptors (Lipinski definition) is 3. The number of piperidine rings is 1. The molecule has 1 aromatic carbocycles. The van der Waals surface area contributed by atoms with Gasteiger partial charge in [-0.25, -0.2) is 0 Å². The molecule has 5 nitrogen and oxygen atoms in total. The van der Waals surface area contributed by atoms with Gasteiger partial charge in [0.15, 0.2) is 11.2 Å². The lowest BCUT2D eigenvalue weighted by Crippen LogP contribution is -2.54. The maximum Gasteiger partial charge on any atom is 0.265 e. The van der Waals surface area contributed by atoms with Gasteiger partial charge in [0.05, 0.1) is 12.2 Å². The van der Waals surface area contributed by atoms with E-state index in [1.165, 1.54) is 6.42 Å². The average Bonchev–Trinajstić information content (AvgIpc) is 2.67. The molecule has 0 unspecified atom stereocenters. The predicted octanol–water partition coefficient (Wildman–Crippen LogP) is 2.94. The number of ether oxygens (including phenoxy) is 1. The number of likely N-dealkylation sites (tertiary alicyclic amines) is 1. The van der Waals surface area contributed by atoms with E-state index in [2.05, 4.69) is 12.2 Å². The number of rotatable bonds is 4. The Labute approximate surface area is 155 Å². The van der Waals surface area contributed by atoms with Crippen molar-refractivity contribution < 1.29 is 9.53 Å². The highest BCUT2D eigenvalue weighted by Gasteiger charge is 2.35. The van der Waals surface area contributed by atoms with Crippen molar-refractivity contribution >= 4 is 28.9 Å². The molecule has 1 atom stereocenters. The molecule has 0 aliphatic carbocycles. The number of para-hydroxylation sites is 2. The Morgan fingerprint density at radius 2 is 2.04 bits per heavy atom. The maximum absolute atomic E-state index is 12.9. The smallest absolute Gasteiger partial charge is 0.265 e. The molecule has 2 aliphatic rings. The van der Waals surface area contributed by atoms with Gasteiger partial charge in [-0.05, 0) is 50.0 Å². The van der Waals surface area contributed by atoms with Crippen LogP contribution in [0.25, 0.3) is 0 Å². The van der Waals surface area contributed by atoms with Gasteiger partial charge in [-0.2, -0.15) is 0 Å². The molecule has 2 aliphatic heterocycles. The summed E-state index contributed by atoms with van der Waals surface area (Å²) in [5.74, 6) is 0.805. The van der Waals surface area contributed by atoms with Gasteiger partial charge in [0, 0.05) is 19.6 Å². The zero-order valence-corrected chi connectivity index (χ0v) is 15.7. The van der Waals surface area contributed by atoms with Crippen LogP contribution in [0.5, 0.6) is 5.75 Å². The number of carbonyl (C=O) groups is 1. The third kappa shape index (κ3) is 4.24. The Morgan fingerprint density at radius 1 is 1.28 bits per heavy atom. The number of unbranched alkanes of at least 4 members (excludes halogenated alkanes) is 1. The standard InChI is InChI=1S/C19H27N3O2S/c1-2-3-11-20-19(25)22-14-17(18(23)21-12-7-4-8-13-21)24-16-10-6-5-9-15(16)22/h5-6,9-10,17H,2-4,7-8,11-14H2,1H3,(H,20,25)/t17-/m0/s1. The molecule has 0 aromatic heterocycles. The number of nitrogens with one attached hydrogen (secondary N) is 1. The third-order valence-electron chi connectivity index (χ3n) is 4.77. The molecule has 1 N–H and O–H groups in total. The van der Waals surface area contributed by atoms with E-state index in [0.29, 0.717) is 11.7 Å². The number of thiocarbonyl (C=S) groups is 1. The summed E-state index contributed by atoms with van der Waals surface area (Å²) in [6.07, 6.45) is 5.05. The van der Waals surface area contributed by atoms with Crippen molar-refractivity contribution in [3.63, 3.8) is 0 Å². The first-order valence-corrected chi connectivity index (χ1v) is 9.71. The number of amides is 1. The molecule has 1 amide bonds. The van der Waals surface area contributed by atoms with Crippen LogP contribution in [0.2, 0.25) is 0 Å². The number of carbonyl (C=O) groups excluding carboxylic acids is 1. The summed E-state index contributed by atoms with van der Waals surface area (Å²) in [7, 11) is 0. The minimum Gasteiger partial charge on any atom is -0.476 e. The normalized spacial score (nSPS) is 19.8. The molecule has 0 spiro atoms. The molecular weight excluding hydrogens is 334 g/mol. The SMILES string of the molecule is CCCCNC(=S)N1C[C@@H](C(=O)N2CCCCC2)Oc2ccccc21. The summed E-state index contributed by atoms with van der Waals surface area (Å²) < 4.78 is 6.03. The van der Waals surface area contributed by atoms with Crippen LogP contribution in [0.1, 0.15) is 39.0 Å². The van der Waals surface area contributed by atoms with Crippen LogP contribution < -0.4 is 15.0 Å². The van der Waals surface area contributed by atoms with Crippen LogP contribution in [0, 0.1) is 0 Å².